The van der Waals surface area contributed by atoms with Crippen LogP contribution in [0.1, 0.15) is 66.7 Å². The molecule has 0 aromatic heterocycles. The molecule has 0 heterocycles. The zero-order valence-corrected chi connectivity index (χ0v) is 17.8. The summed E-state index contributed by atoms with van der Waals surface area (Å²) in [6.07, 6.45) is -0.0466. The predicted molar refractivity (Wildman–Crippen MR) is 103 cm³/mol. The van der Waals surface area contributed by atoms with Crippen LogP contribution in [-0.4, -0.2) is 43.3 Å². The lowest BCUT2D eigenvalue weighted by atomic mass is 9.83. The van der Waals surface area contributed by atoms with Gasteiger partial charge in [0.15, 0.2) is 6.10 Å². The third kappa shape index (κ3) is 6.22. The van der Waals surface area contributed by atoms with Crippen molar-refractivity contribution in [2.24, 2.45) is 11.8 Å². The van der Waals surface area contributed by atoms with Gasteiger partial charge in [-0.3, -0.25) is 0 Å². The van der Waals surface area contributed by atoms with E-state index in [2.05, 4.69) is 0 Å². The first-order valence-corrected chi connectivity index (χ1v) is 10.2. The van der Waals surface area contributed by atoms with E-state index in [1.165, 1.54) is 31.4 Å². The summed E-state index contributed by atoms with van der Waals surface area (Å²) < 4.78 is 43.8. The van der Waals surface area contributed by atoms with Crippen LogP contribution in [0.2, 0.25) is 0 Å². The molecule has 9 heteroatoms. The monoisotopic (exact) mass is 441 g/mol. The first kappa shape index (κ1) is 24.7. The molecule has 7 nitrogen and oxygen atoms in total. The number of esters is 2. The van der Waals surface area contributed by atoms with E-state index in [-0.39, 0.29) is 17.0 Å². The molecule has 0 aliphatic heterocycles. The number of carboxylic acids is 1. The second kappa shape index (κ2) is 10.7. The quantitative estimate of drug-likeness (QED) is 0.429. The zero-order chi connectivity index (χ0) is 23.2. The Bertz CT molecular complexity index is 771. The first-order valence-electron chi connectivity index (χ1n) is 10.2. The van der Waals surface area contributed by atoms with Gasteiger partial charge in [-0.2, -0.15) is 8.78 Å². The van der Waals surface area contributed by atoms with Gasteiger partial charge >= 0.3 is 17.9 Å². The summed E-state index contributed by atoms with van der Waals surface area (Å²) >= 11 is 0. The molecule has 1 aliphatic rings. The molecule has 1 aromatic carbocycles. The number of carbonyl (C=O) groups is 3. The van der Waals surface area contributed by atoms with Crippen molar-refractivity contribution in [2.75, 3.05) is 7.11 Å². The van der Waals surface area contributed by atoms with Gasteiger partial charge in [0.2, 0.25) is 6.29 Å². The van der Waals surface area contributed by atoms with Crippen LogP contribution in [0.3, 0.4) is 0 Å². The fourth-order valence-electron chi connectivity index (χ4n) is 3.57. The second-order valence-corrected chi connectivity index (χ2v) is 7.97. The van der Waals surface area contributed by atoms with E-state index in [0.29, 0.717) is 25.7 Å². The van der Waals surface area contributed by atoms with Crippen molar-refractivity contribution in [2.45, 2.75) is 64.3 Å². The molecule has 2 atom stereocenters. The first-order chi connectivity index (χ1) is 14.6. The SMILES string of the molecule is COC(OC(=O)c1ccc(C(=O)OC(C2CCCCC2)C(F)(F)C(=O)[O-])cc1)C(C)C. The van der Waals surface area contributed by atoms with Gasteiger partial charge in [0.1, 0.15) is 5.97 Å². The van der Waals surface area contributed by atoms with E-state index < -0.39 is 42.1 Å². The van der Waals surface area contributed by atoms with Crippen LogP contribution in [0.5, 0.6) is 0 Å². The number of aliphatic carboxylic acids is 1. The van der Waals surface area contributed by atoms with Crippen molar-refractivity contribution < 1.29 is 42.5 Å². The Morgan fingerprint density at radius 2 is 1.45 bits per heavy atom. The summed E-state index contributed by atoms with van der Waals surface area (Å²) in [5.41, 5.74) is 0.0294. The Hall–Kier alpha value is -2.55. The summed E-state index contributed by atoms with van der Waals surface area (Å²) in [4.78, 5) is 35.6. The lowest BCUT2D eigenvalue weighted by Gasteiger charge is -2.35. The van der Waals surface area contributed by atoms with E-state index in [1.54, 1.807) is 0 Å². The second-order valence-electron chi connectivity index (χ2n) is 7.97. The van der Waals surface area contributed by atoms with Crippen molar-refractivity contribution >= 4 is 17.9 Å². The predicted octanol–water partition coefficient (Wildman–Crippen LogP) is 2.96. The van der Waals surface area contributed by atoms with Crippen LogP contribution in [0, 0.1) is 11.8 Å². The standard InChI is InChI=1S/C22H28F2O7/c1-13(2)20(29-3)31-19(26)16-11-9-15(10-12-16)18(25)30-17(22(23,24)21(27)28)14-7-5-4-6-8-14/h9-14,17,20H,4-8H2,1-3H3,(H,27,28)/p-1. The molecule has 0 amide bonds. The lowest BCUT2D eigenvalue weighted by molar-refractivity contribution is -0.337. The fourth-order valence-corrected chi connectivity index (χ4v) is 3.57. The topological polar surface area (TPSA) is 102 Å². The zero-order valence-electron chi connectivity index (χ0n) is 17.8. The largest absolute Gasteiger partial charge is 0.544 e. The molecule has 1 fully saturated rings. The Balaban J connectivity index is 2.13. The Morgan fingerprint density at radius 1 is 0.968 bits per heavy atom. The molecule has 0 spiro atoms. The minimum atomic E-state index is -4.31. The molecule has 0 bridgehead atoms. The number of hydrogen-bond donors (Lipinski definition) is 0. The average molecular weight is 441 g/mol. The van der Waals surface area contributed by atoms with Crippen LogP contribution >= 0.6 is 0 Å². The van der Waals surface area contributed by atoms with Crippen LogP contribution < -0.4 is 5.11 Å². The molecule has 1 saturated carbocycles. The number of methoxy groups -OCH3 is 1. The van der Waals surface area contributed by atoms with Crippen molar-refractivity contribution in [1.29, 1.82) is 0 Å². The number of hydrogen-bond acceptors (Lipinski definition) is 7. The third-order valence-corrected chi connectivity index (χ3v) is 5.30. The highest BCUT2D eigenvalue weighted by Gasteiger charge is 2.48. The van der Waals surface area contributed by atoms with E-state index in [4.69, 9.17) is 14.2 Å². The molecule has 2 rings (SSSR count). The molecule has 0 radical (unpaired) electrons. The maximum absolute atomic E-state index is 14.2. The Labute approximate surface area is 179 Å². The molecule has 1 aliphatic carbocycles. The number of carbonyl (C=O) groups excluding carboxylic acids is 3. The minimum absolute atomic E-state index is 0.0784. The van der Waals surface area contributed by atoms with Gasteiger partial charge in [0.05, 0.1) is 11.1 Å². The van der Waals surface area contributed by atoms with E-state index in [1.807, 2.05) is 13.8 Å². The van der Waals surface area contributed by atoms with Gasteiger partial charge in [0, 0.05) is 18.9 Å². The van der Waals surface area contributed by atoms with E-state index in [0.717, 1.165) is 6.42 Å². The normalized spacial score (nSPS) is 17.1. The molecule has 0 N–H and O–H groups in total. The summed E-state index contributed by atoms with van der Waals surface area (Å²) in [5, 5.41) is 11.0. The molecular weight excluding hydrogens is 414 g/mol. The van der Waals surface area contributed by atoms with Crippen LogP contribution in [-0.2, 0) is 19.0 Å². The molecule has 1 aromatic rings. The van der Waals surface area contributed by atoms with Gasteiger partial charge < -0.3 is 24.1 Å². The van der Waals surface area contributed by atoms with E-state index in [9.17, 15) is 28.3 Å². The average Bonchev–Trinajstić information content (AvgIpc) is 2.75. The van der Waals surface area contributed by atoms with Crippen molar-refractivity contribution in [3.05, 3.63) is 35.4 Å². The van der Waals surface area contributed by atoms with Crippen LogP contribution in [0.15, 0.2) is 24.3 Å². The molecule has 2 unspecified atom stereocenters. The van der Waals surface area contributed by atoms with Crippen molar-refractivity contribution in [3.63, 3.8) is 0 Å². The highest BCUT2D eigenvalue weighted by molar-refractivity contribution is 5.93. The molecule has 172 valence electrons. The smallest absolute Gasteiger partial charge is 0.340 e. The van der Waals surface area contributed by atoms with Gasteiger partial charge in [-0.25, -0.2) is 9.59 Å². The van der Waals surface area contributed by atoms with Crippen LogP contribution in [0.4, 0.5) is 8.78 Å². The van der Waals surface area contributed by atoms with Crippen LogP contribution in [0.25, 0.3) is 0 Å². The maximum Gasteiger partial charge on any atom is 0.340 e. The lowest BCUT2D eigenvalue weighted by Crippen LogP contribution is -2.54. The molecule has 0 saturated heterocycles. The van der Waals surface area contributed by atoms with Crippen molar-refractivity contribution in [1.82, 2.24) is 0 Å². The summed E-state index contributed by atoms with van der Waals surface area (Å²) in [7, 11) is 1.40. The third-order valence-electron chi connectivity index (χ3n) is 5.30. The number of rotatable bonds is 9. The van der Waals surface area contributed by atoms with Gasteiger partial charge in [0.25, 0.3) is 0 Å². The number of ether oxygens (including phenoxy) is 3. The summed E-state index contributed by atoms with van der Waals surface area (Å²) in [6.45, 7) is 3.62. The Kier molecular flexibility index (Phi) is 8.50. The van der Waals surface area contributed by atoms with Gasteiger partial charge in [-0.15, -0.1) is 0 Å². The number of carboxylic acid groups (broad SMARTS) is 1. The van der Waals surface area contributed by atoms with Crippen molar-refractivity contribution in [3.8, 4) is 0 Å². The molecule has 31 heavy (non-hydrogen) atoms. The number of alkyl halides is 2. The van der Waals surface area contributed by atoms with Gasteiger partial charge in [-0.05, 0) is 37.1 Å². The van der Waals surface area contributed by atoms with Gasteiger partial charge in [-0.1, -0.05) is 33.1 Å². The minimum Gasteiger partial charge on any atom is -0.544 e. The Morgan fingerprint density at radius 3 is 1.87 bits per heavy atom. The number of benzene rings is 1. The highest BCUT2D eigenvalue weighted by Crippen LogP contribution is 2.36. The fraction of sp³-hybridized carbons (Fsp3) is 0.591. The van der Waals surface area contributed by atoms with E-state index >= 15 is 0 Å². The number of halogens is 2. The highest BCUT2D eigenvalue weighted by atomic mass is 19.3. The summed E-state index contributed by atoms with van der Waals surface area (Å²) in [5.74, 6) is -9.52. The maximum atomic E-state index is 14.2. The molecular formula is C22H27F2O7-. The summed E-state index contributed by atoms with van der Waals surface area (Å²) in [6, 6.07) is 5.04.